The minimum Gasteiger partial charge on any atom is -0.494 e. The van der Waals surface area contributed by atoms with Crippen molar-refractivity contribution in [2.75, 3.05) is 19.5 Å². The molecular formula is C23H22N2O4S. The summed E-state index contributed by atoms with van der Waals surface area (Å²) in [5.41, 5.74) is 3.98. The third kappa shape index (κ3) is 4.26. The Morgan fingerprint density at radius 1 is 1.17 bits per heavy atom. The van der Waals surface area contributed by atoms with Crippen LogP contribution in [0.3, 0.4) is 0 Å². The fourth-order valence-corrected chi connectivity index (χ4v) is 4.08. The van der Waals surface area contributed by atoms with Crippen LogP contribution in [0.1, 0.15) is 23.6 Å². The second-order valence-electron chi connectivity index (χ2n) is 6.85. The highest BCUT2D eigenvalue weighted by Crippen LogP contribution is 2.40. The van der Waals surface area contributed by atoms with Gasteiger partial charge >= 0.3 is 5.97 Å². The number of aromatic nitrogens is 2. The number of carbonyl (C=O) groups is 1. The molecule has 0 saturated heterocycles. The van der Waals surface area contributed by atoms with Gasteiger partial charge in [0.2, 0.25) is 5.88 Å². The number of fused-ring (bicyclic) bond motifs is 2. The summed E-state index contributed by atoms with van der Waals surface area (Å²) < 4.78 is 16.4. The van der Waals surface area contributed by atoms with Gasteiger partial charge in [-0.05, 0) is 49.7 Å². The number of esters is 1. The summed E-state index contributed by atoms with van der Waals surface area (Å²) in [5, 5.41) is 0.724. The van der Waals surface area contributed by atoms with Gasteiger partial charge in [-0.2, -0.15) is 4.98 Å². The van der Waals surface area contributed by atoms with Crippen molar-refractivity contribution in [3.05, 3.63) is 59.2 Å². The summed E-state index contributed by atoms with van der Waals surface area (Å²) >= 11 is 1.34. The third-order valence-corrected chi connectivity index (χ3v) is 5.69. The predicted molar refractivity (Wildman–Crippen MR) is 115 cm³/mol. The van der Waals surface area contributed by atoms with Crippen LogP contribution >= 0.6 is 11.8 Å². The van der Waals surface area contributed by atoms with E-state index >= 15 is 0 Å². The molecule has 4 rings (SSSR count). The van der Waals surface area contributed by atoms with E-state index in [-0.39, 0.29) is 11.7 Å². The first-order chi connectivity index (χ1) is 14.6. The Morgan fingerprint density at radius 2 is 1.97 bits per heavy atom. The van der Waals surface area contributed by atoms with Crippen molar-refractivity contribution >= 4 is 17.7 Å². The van der Waals surface area contributed by atoms with E-state index in [0.717, 1.165) is 38.8 Å². The molecule has 0 unspecified atom stereocenters. The molecule has 1 aliphatic heterocycles. The smallest absolute Gasteiger partial charge is 0.316 e. The molecule has 2 aromatic carbocycles. The van der Waals surface area contributed by atoms with Crippen LogP contribution in [0.15, 0.2) is 47.5 Å². The average molecular weight is 423 g/mol. The van der Waals surface area contributed by atoms with Crippen LogP contribution in [-0.4, -0.2) is 35.4 Å². The first-order valence-electron chi connectivity index (χ1n) is 9.68. The zero-order chi connectivity index (χ0) is 21.1. The first kappa shape index (κ1) is 20.2. The molecule has 0 saturated carbocycles. The Morgan fingerprint density at radius 3 is 2.70 bits per heavy atom. The van der Waals surface area contributed by atoms with Gasteiger partial charge in [0.15, 0.2) is 5.82 Å². The molecule has 7 heteroatoms. The van der Waals surface area contributed by atoms with Gasteiger partial charge in [0.25, 0.3) is 0 Å². The highest BCUT2D eigenvalue weighted by molar-refractivity contribution is 7.99. The Bertz CT molecular complexity index is 1080. The number of hydrogen-bond donors (Lipinski definition) is 0. The van der Waals surface area contributed by atoms with E-state index in [9.17, 15) is 4.79 Å². The number of thioether (sulfide) groups is 1. The second kappa shape index (κ2) is 8.75. The molecule has 0 bridgehead atoms. The van der Waals surface area contributed by atoms with Crippen molar-refractivity contribution < 1.29 is 19.0 Å². The van der Waals surface area contributed by atoms with Gasteiger partial charge in [0, 0.05) is 12.0 Å². The van der Waals surface area contributed by atoms with Gasteiger partial charge in [0.05, 0.1) is 25.0 Å². The van der Waals surface area contributed by atoms with Crippen molar-refractivity contribution in [1.82, 2.24) is 9.97 Å². The normalized spacial score (nSPS) is 11.8. The van der Waals surface area contributed by atoms with Gasteiger partial charge in [0.1, 0.15) is 16.5 Å². The number of benzene rings is 2. The summed E-state index contributed by atoms with van der Waals surface area (Å²) in [7, 11) is 1.38. The van der Waals surface area contributed by atoms with Gasteiger partial charge in [-0.15, -0.1) is 0 Å². The van der Waals surface area contributed by atoms with Gasteiger partial charge in [-0.3, -0.25) is 4.79 Å². The zero-order valence-corrected chi connectivity index (χ0v) is 17.9. The van der Waals surface area contributed by atoms with E-state index in [1.165, 1.54) is 18.9 Å². The summed E-state index contributed by atoms with van der Waals surface area (Å²) in [4.78, 5) is 21.2. The molecule has 154 valence electrons. The number of hydrogen-bond acceptors (Lipinski definition) is 7. The molecular weight excluding hydrogens is 400 g/mol. The van der Waals surface area contributed by atoms with E-state index < -0.39 is 0 Å². The van der Waals surface area contributed by atoms with Crippen molar-refractivity contribution in [1.29, 1.82) is 0 Å². The van der Waals surface area contributed by atoms with E-state index in [1.54, 1.807) is 0 Å². The van der Waals surface area contributed by atoms with Gasteiger partial charge < -0.3 is 14.2 Å². The molecule has 30 heavy (non-hydrogen) atoms. The van der Waals surface area contributed by atoms with Gasteiger partial charge in [-0.1, -0.05) is 29.5 Å². The molecule has 0 radical (unpaired) electrons. The molecule has 0 aliphatic carbocycles. The number of aryl methyl sites for hydroxylation is 1. The van der Waals surface area contributed by atoms with E-state index in [4.69, 9.17) is 19.2 Å². The lowest BCUT2D eigenvalue weighted by Gasteiger charge is -2.22. The molecule has 0 N–H and O–H groups in total. The number of rotatable bonds is 6. The maximum absolute atomic E-state index is 11.7. The number of methoxy groups -OCH3 is 1. The van der Waals surface area contributed by atoms with Crippen molar-refractivity contribution in [3.63, 3.8) is 0 Å². The molecule has 3 aromatic rings. The Hall–Kier alpha value is -3.06. The Kier molecular flexibility index (Phi) is 5.90. The predicted octanol–water partition coefficient (Wildman–Crippen LogP) is 4.81. The third-order valence-electron chi connectivity index (χ3n) is 4.70. The SMILES string of the molecule is CCOc1ccc(-c2nc3c(c(SCC(=O)OC)n2)Cc2cc(C)ccc2O3)cc1. The molecule has 0 atom stereocenters. The number of carbonyl (C=O) groups excluding carboxylic acids is 1. The van der Waals surface area contributed by atoms with Crippen molar-refractivity contribution in [3.8, 4) is 28.8 Å². The summed E-state index contributed by atoms with van der Waals surface area (Å²) in [6.07, 6.45) is 0.652. The van der Waals surface area contributed by atoms with E-state index in [2.05, 4.69) is 11.1 Å². The minimum absolute atomic E-state index is 0.170. The van der Waals surface area contributed by atoms with E-state index in [1.807, 2.05) is 50.2 Å². The van der Waals surface area contributed by atoms with Crippen LogP contribution in [0.25, 0.3) is 11.4 Å². The van der Waals surface area contributed by atoms with Gasteiger partial charge in [-0.25, -0.2) is 4.98 Å². The molecule has 0 fully saturated rings. The van der Waals surface area contributed by atoms with Crippen LogP contribution in [0.4, 0.5) is 0 Å². The highest BCUT2D eigenvalue weighted by atomic mass is 32.2. The number of nitrogens with zero attached hydrogens (tertiary/aromatic N) is 2. The van der Waals surface area contributed by atoms with Crippen molar-refractivity contribution in [2.45, 2.75) is 25.3 Å². The lowest BCUT2D eigenvalue weighted by molar-refractivity contribution is -0.137. The zero-order valence-electron chi connectivity index (χ0n) is 17.1. The average Bonchev–Trinajstić information content (AvgIpc) is 2.76. The topological polar surface area (TPSA) is 70.5 Å². The maximum atomic E-state index is 11.7. The summed E-state index contributed by atoms with van der Waals surface area (Å²) in [6.45, 7) is 4.60. The van der Waals surface area contributed by atoms with Crippen LogP contribution < -0.4 is 9.47 Å². The standard InChI is InChI=1S/C23H22N2O4S/c1-4-28-17-8-6-15(7-9-17)21-24-22-18(23(25-21)30-13-20(26)27-3)12-16-11-14(2)5-10-19(16)29-22/h5-11H,4,12-13H2,1-3H3. The largest absolute Gasteiger partial charge is 0.494 e. The quantitative estimate of drug-likeness (QED) is 0.251. The van der Waals surface area contributed by atoms with E-state index in [0.29, 0.717) is 24.7 Å². The lowest BCUT2D eigenvalue weighted by Crippen LogP contribution is -2.11. The fourth-order valence-electron chi connectivity index (χ4n) is 3.22. The summed E-state index contributed by atoms with van der Waals surface area (Å²) in [6, 6.07) is 13.7. The molecule has 1 aliphatic rings. The van der Waals surface area contributed by atoms with Crippen LogP contribution in [0, 0.1) is 6.92 Å². The van der Waals surface area contributed by atoms with Crippen molar-refractivity contribution in [2.24, 2.45) is 0 Å². The van der Waals surface area contributed by atoms with Crippen LogP contribution in [0.5, 0.6) is 17.4 Å². The molecule has 2 heterocycles. The fraction of sp³-hybridized carbons (Fsp3) is 0.261. The second-order valence-corrected chi connectivity index (χ2v) is 7.81. The number of ether oxygens (including phenoxy) is 3. The van der Waals surface area contributed by atoms with Crippen LogP contribution in [0.2, 0.25) is 0 Å². The Labute approximate surface area is 179 Å². The lowest BCUT2D eigenvalue weighted by atomic mass is 10.0. The minimum atomic E-state index is -0.303. The molecule has 1 aromatic heterocycles. The maximum Gasteiger partial charge on any atom is 0.316 e. The van der Waals surface area contributed by atoms with Crippen LogP contribution in [-0.2, 0) is 16.0 Å². The monoisotopic (exact) mass is 422 g/mol. The summed E-state index contributed by atoms with van der Waals surface area (Å²) in [5.74, 6) is 2.53. The Balaban J connectivity index is 1.73. The first-order valence-corrected chi connectivity index (χ1v) is 10.7. The molecule has 0 spiro atoms. The highest BCUT2D eigenvalue weighted by Gasteiger charge is 2.25. The molecule has 6 nitrogen and oxygen atoms in total. The molecule has 0 amide bonds.